The Morgan fingerprint density at radius 1 is 1.04 bits per heavy atom. The molecular weight excluding hydrogens is 342 g/mol. The molecule has 0 heterocycles. The van der Waals surface area contributed by atoms with E-state index in [-0.39, 0.29) is 18.4 Å². The fraction of sp³-hybridized carbons (Fsp3) is 0.286. The van der Waals surface area contributed by atoms with Gasteiger partial charge in [0.2, 0.25) is 5.91 Å². The van der Waals surface area contributed by atoms with Gasteiger partial charge in [-0.3, -0.25) is 9.59 Å². The van der Waals surface area contributed by atoms with Gasteiger partial charge in [0.15, 0.2) is 6.61 Å². The Labute approximate surface area is 159 Å². The molecule has 0 saturated carbocycles. The van der Waals surface area contributed by atoms with E-state index in [2.05, 4.69) is 15.8 Å². The summed E-state index contributed by atoms with van der Waals surface area (Å²) in [6.07, 6.45) is 2.00. The van der Waals surface area contributed by atoms with Crippen LogP contribution in [0.2, 0.25) is 0 Å². The van der Waals surface area contributed by atoms with E-state index in [1.54, 1.807) is 30.5 Å². The number of hydrazone groups is 1. The summed E-state index contributed by atoms with van der Waals surface area (Å²) < 4.78 is 5.47. The molecule has 0 unspecified atom stereocenters. The summed E-state index contributed by atoms with van der Waals surface area (Å²) in [5.74, 6) is 0.590. The summed E-state index contributed by atoms with van der Waals surface area (Å²) >= 11 is 0. The molecule has 0 aliphatic carbocycles. The quantitative estimate of drug-likeness (QED) is 0.528. The first kappa shape index (κ1) is 20.2. The van der Waals surface area contributed by atoms with Gasteiger partial charge < -0.3 is 10.1 Å². The molecule has 0 spiro atoms. The number of hydrogen-bond acceptors (Lipinski definition) is 4. The molecule has 0 saturated heterocycles. The van der Waals surface area contributed by atoms with E-state index in [4.69, 9.17) is 4.74 Å². The molecule has 0 aliphatic rings. The van der Waals surface area contributed by atoms with Crippen molar-refractivity contribution in [2.24, 2.45) is 11.0 Å². The highest BCUT2D eigenvalue weighted by atomic mass is 16.5. The van der Waals surface area contributed by atoms with Crippen LogP contribution in [0.3, 0.4) is 0 Å². The van der Waals surface area contributed by atoms with E-state index >= 15 is 0 Å². The highest BCUT2D eigenvalue weighted by molar-refractivity contribution is 5.82. The maximum Gasteiger partial charge on any atom is 0.258 e. The molecule has 6 nitrogen and oxygen atoms in total. The van der Waals surface area contributed by atoms with Gasteiger partial charge in [0.05, 0.1) is 6.21 Å². The highest BCUT2D eigenvalue weighted by Crippen LogP contribution is 2.11. The minimum absolute atomic E-state index is 0.0501. The topological polar surface area (TPSA) is 79.8 Å². The molecule has 0 bridgehead atoms. The van der Waals surface area contributed by atoms with Gasteiger partial charge in [-0.25, -0.2) is 5.43 Å². The zero-order chi connectivity index (χ0) is 19.5. The Balaban J connectivity index is 1.71. The molecule has 6 heteroatoms. The predicted octanol–water partition coefficient (Wildman–Crippen LogP) is 2.88. The highest BCUT2D eigenvalue weighted by Gasteiger charge is 2.04. The number of rotatable bonds is 9. The normalized spacial score (nSPS) is 10.8. The lowest BCUT2D eigenvalue weighted by atomic mass is 10.1. The zero-order valence-corrected chi connectivity index (χ0v) is 15.6. The Morgan fingerprint density at radius 2 is 1.74 bits per heavy atom. The second kappa shape index (κ2) is 10.8. The minimum atomic E-state index is -0.183. The molecule has 142 valence electrons. The van der Waals surface area contributed by atoms with Crippen LogP contribution in [0.25, 0.3) is 0 Å². The monoisotopic (exact) mass is 367 g/mol. The van der Waals surface area contributed by atoms with Crippen molar-refractivity contribution < 1.29 is 14.3 Å². The smallest absolute Gasteiger partial charge is 0.258 e. The van der Waals surface area contributed by atoms with Crippen molar-refractivity contribution in [3.8, 4) is 5.75 Å². The van der Waals surface area contributed by atoms with Crippen LogP contribution < -0.4 is 15.5 Å². The molecule has 0 fully saturated rings. The van der Waals surface area contributed by atoms with Gasteiger partial charge in [-0.05, 0) is 41.3 Å². The number of hydrogen-bond donors (Lipinski definition) is 2. The molecule has 0 aliphatic heterocycles. The van der Waals surface area contributed by atoms with Crippen LogP contribution in [0.15, 0.2) is 59.7 Å². The van der Waals surface area contributed by atoms with Gasteiger partial charge in [-0.2, -0.15) is 5.10 Å². The molecule has 0 radical (unpaired) electrons. The number of nitrogens with zero attached hydrogens (tertiary/aromatic N) is 1. The summed E-state index contributed by atoms with van der Waals surface area (Å²) in [4.78, 5) is 23.3. The van der Waals surface area contributed by atoms with Crippen LogP contribution in [0.1, 0.15) is 31.4 Å². The Kier molecular flexibility index (Phi) is 8.03. The Hall–Kier alpha value is -3.15. The van der Waals surface area contributed by atoms with Crippen molar-refractivity contribution >= 4 is 18.0 Å². The first-order valence-electron chi connectivity index (χ1n) is 8.88. The Bertz CT molecular complexity index is 756. The van der Waals surface area contributed by atoms with Crippen LogP contribution in [-0.2, 0) is 16.1 Å². The third kappa shape index (κ3) is 8.18. The number of carbonyl (C=O) groups is 2. The number of carbonyl (C=O) groups excluding carboxylic acids is 2. The van der Waals surface area contributed by atoms with Crippen molar-refractivity contribution in [2.45, 2.75) is 26.8 Å². The van der Waals surface area contributed by atoms with Crippen LogP contribution in [0.4, 0.5) is 0 Å². The molecule has 2 aromatic carbocycles. The summed E-state index contributed by atoms with van der Waals surface area (Å²) in [6, 6.07) is 16.8. The van der Waals surface area contributed by atoms with E-state index < -0.39 is 0 Å². The van der Waals surface area contributed by atoms with Crippen LogP contribution in [-0.4, -0.2) is 24.6 Å². The predicted molar refractivity (Wildman–Crippen MR) is 105 cm³/mol. The maximum absolute atomic E-state index is 11.8. The van der Waals surface area contributed by atoms with Gasteiger partial charge in [0, 0.05) is 13.0 Å². The summed E-state index contributed by atoms with van der Waals surface area (Å²) in [5, 5.41) is 6.73. The van der Waals surface area contributed by atoms with Gasteiger partial charge >= 0.3 is 0 Å². The van der Waals surface area contributed by atoms with E-state index in [1.165, 1.54) is 0 Å². The van der Waals surface area contributed by atoms with Crippen molar-refractivity contribution in [1.82, 2.24) is 10.7 Å². The number of ether oxygens (including phenoxy) is 1. The van der Waals surface area contributed by atoms with Gasteiger partial charge in [-0.15, -0.1) is 0 Å². The summed E-state index contributed by atoms with van der Waals surface area (Å²) in [7, 11) is 0. The molecule has 27 heavy (non-hydrogen) atoms. The first-order chi connectivity index (χ1) is 13.0. The van der Waals surface area contributed by atoms with Crippen molar-refractivity contribution in [2.75, 3.05) is 6.61 Å². The van der Waals surface area contributed by atoms with Crippen LogP contribution in [0, 0.1) is 5.92 Å². The molecule has 2 N–H and O–H groups in total. The van der Waals surface area contributed by atoms with Gasteiger partial charge in [0.25, 0.3) is 5.91 Å². The molecule has 2 rings (SSSR count). The molecule has 2 amide bonds. The lowest BCUT2D eigenvalue weighted by Gasteiger charge is -2.08. The van der Waals surface area contributed by atoms with Crippen LogP contribution >= 0.6 is 0 Å². The minimum Gasteiger partial charge on any atom is -0.484 e. The molecule has 0 aromatic heterocycles. The lowest BCUT2D eigenvalue weighted by Crippen LogP contribution is -2.28. The number of benzene rings is 2. The third-order valence-electron chi connectivity index (χ3n) is 3.58. The second-order valence-electron chi connectivity index (χ2n) is 6.51. The van der Waals surface area contributed by atoms with Gasteiger partial charge in [0.1, 0.15) is 5.75 Å². The van der Waals surface area contributed by atoms with Crippen LogP contribution in [0.5, 0.6) is 5.75 Å². The molecular formula is C21H25N3O3. The summed E-state index contributed by atoms with van der Waals surface area (Å²) in [6.45, 7) is 4.38. The lowest BCUT2D eigenvalue weighted by molar-refractivity contribution is -0.123. The van der Waals surface area contributed by atoms with E-state index in [0.717, 1.165) is 11.1 Å². The second-order valence-corrected chi connectivity index (χ2v) is 6.51. The first-order valence-corrected chi connectivity index (χ1v) is 8.88. The van der Waals surface area contributed by atoms with E-state index in [0.29, 0.717) is 24.6 Å². The standard InChI is InChI=1S/C21H25N3O3/c1-16(2)12-20(25)24-23-14-18-8-10-19(11-9-18)27-15-21(26)22-13-17-6-4-3-5-7-17/h3-11,14,16H,12-13,15H2,1-2H3,(H,22,26)(H,24,25)/b23-14-. The van der Waals surface area contributed by atoms with Crippen molar-refractivity contribution in [3.05, 3.63) is 65.7 Å². The van der Waals surface area contributed by atoms with Crippen molar-refractivity contribution in [1.29, 1.82) is 0 Å². The SMILES string of the molecule is CC(C)CC(=O)N/N=C\c1ccc(OCC(=O)NCc2ccccc2)cc1. The largest absolute Gasteiger partial charge is 0.484 e. The molecule has 2 aromatic rings. The average molecular weight is 367 g/mol. The number of amides is 2. The maximum atomic E-state index is 11.8. The zero-order valence-electron chi connectivity index (χ0n) is 15.6. The van der Waals surface area contributed by atoms with Crippen molar-refractivity contribution in [3.63, 3.8) is 0 Å². The third-order valence-corrected chi connectivity index (χ3v) is 3.58. The van der Waals surface area contributed by atoms with Gasteiger partial charge in [-0.1, -0.05) is 44.2 Å². The number of nitrogens with one attached hydrogen (secondary N) is 2. The van der Waals surface area contributed by atoms with E-state index in [1.807, 2.05) is 44.2 Å². The fourth-order valence-corrected chi connectivity index (χ4v) is 2.24. The average Bonchev–Trinajstić information content (AvgIpc) is 2.66. The van der Waals surface area contributed by atoms with E-state index in [9.17, 15) is 9.59 Å². The summed E-state index contributed by atoms with van der Waals surface area (Å²) in [5.41, 5.74) is 4.35. The molecule has 0 atom stereocenters. The Morgan fingerprint density at radius 3 is 2.41 bits per heavy atom. The fourth-order valence-electron chi connectivity index (χ4n) is 2.24.